The summed E-state index contributed by atoms with van der Waals surface area (Å²) in [6.07, 6.45) is 0.914. The predicted molar refractivity (Wildman–Crippen MR) is 128 cm³/mol. The van der Waals surface area contributed by atoms with Crippen molar-refractivity contribution in [2.45, 2.75) is 71.4 Å². The van der Waals surface area contributed by atoms with Crippen molar-refractivity contribution in [2.75, 3.05) is 34.7 Å². The maximum Gasteiger partial charge on any atom is 0.469 e. The lowest BCUT2D eigenvalue weighted by Gasteiger charge is -2.42. The number of guanidine groups is 1. The third kappa shape index (κ3) is 13.0. The van der Waals surface area contributed by atoms with Gasteiger partial charge in [0.1, 0.15) is 0 Å². The van der Waals surface area contributed by atoms with Gasteiger partial charge in [-0.3, -0.25) is 4.99 Å². The van der Waals surface area contributed by atoms with E-state index >= 15 is 0 Å². The molecule has 0 saturated heterocycles. The van der Waals surface area contributed by atoms with E-state index in [4.69, 9.17) is 17.3 Å². The molecule has 162 valence electrons. The smallest absolute Gasteiger partial charge is 0.417 e. The molecule has 27 heavy (non-hydrogen) atoms. The van der Waals surface area contributed by atoms with Crippen molar-refractivity contribution < 1.29 is 12.3 Å². The van der Waals surface area contributed by atoms with E-state index in [-0.39, 0.29) is 0 Å². The van der Waals surface area contributed by atoms with Crippen molar-refractivity contribution in [1.29, 1.82) is 0 Å². The summed E-state index contributed by atoms with van der Waals surface area (Å²) in [5.41, 5.74) is 0. The Hall–Kier alpha value is 0.0175. The second-order valence-corrected chi connectivity index (χ2v) is 27.4. The fourth-order valence-electron chi connectivity index (χ4n) is 2.77. The molecule has 0 aliphatic heterocycles. The fraction of sp³-hybridized carbons (Fsp3) is 0.941. The minimum atomic E-state index is -2.74. The standard InChI is InChI=1S/C17H45N3O3Si4/c1-19(2)17(20(3)4)18-15-14-16-27(21-24(5,6)7,22-25(8,9)10)23-26(11,12)13/h14-16H2,1-13H3. The summed E-state index contributed by atoms with van der Waals surface area (Å²) in [5.74, 6) is 0.977. The number of hydrogen-bond acceptors (Lipinski definition) is 4. The Morgan fingerprint density at radius 2 is 1.00 bits per heavy atom. The van der Waals surface area contributed by atoms with Gasteiger partial charge in [-0.05, 0) is 65.3 Å². The molecular weight excluding hydrogens is 407 g/mol. The van der Waals surface area contributed by atoms with Crippen LogP contribution in [0.15, 0.2) is 4.99 Å². The van der Waals surface area contributed by atoms with Crippen molar-refractivity contribution in [2.24, 2.45) is 4.99 Å². The molecule has 6 nitrogen and oxygen atoms in total. The van der Waals surface area contributed by atoms with Crippen LogP contribution in [0.4, 0.5) is 0 Å². The van der Waals surface area contributed by atoms with E-state index in [0.717, 1.165) is 25.0 Å². The van der Waals surface area contributed by atoms with E-state index < -0.39 is 33.8 Å². The molecule has 0 spiro atoms. The van der Waals surface area contributed by atoms with E-state index in [0.29, 0.717) is 0 Å². The zero-order valence-corrected chi connectivity index (χ0v) is 24.2. The van der Waals surface area contributed by atoms with Gasteiger partial charge < -0.3 is 22.1 Å². The Balaban J connectivity index is 5.52. The molecule has 0 aliphatic carbocycles. The van der Waals surface area contributed by atoms with Crippen LogP contribution in [0.2, 0.25) is 65.0 Å². The average molecular weight is 452 g/mol. The van der Waals surface area contributed by atoms with Crippen LogP contribution in [0.5, 0.6) is 0 Å². The Kier molecular flexibility index (Phi) is 10.2. The summed E-state index contributed by atoms with van der Waals surface area (Å²) in [4.78, 5) is 8.86. The first-order valence-corrected chi connectivity index (χ1v) is 22.0. The van der Waals surface area contributed by atoms with E-state index in [1.54, 1.807) is 0 Å². The number of nitrogens with zero attached hydrogens (tertiary/aromatic N) is 3. The van der Waals surface area contributed by atoms with E-state index in [9.17, 15) is 0 Å². The Labute approximate surface area is 173 Å². The van der Waals surface area contributed by atoms with Gasteiger partial charge in [0, 0.05) is 40.8 Å². The van der Waals surface area contributed by atoms with E-state index in [1.165, 1.54) is 0 Å². The lowest BCUT2D eigenvalue weighted by molar-refractivity contribution is 0.251. The van der Waals surface area contributed by atoms with Crippen LogP contribution in [-0.4, -0.2) is 84.3 Å². The van der Waals surface area contributed by atoms with Crippen LogP contribution in [-0.2, 0) is 12.3 Å². The molecular formula is C17H45N3O3Si4. The monoisotopic (exact) mass is 451 g/mol. The SMILES string of the molecule is CN(C)C(=NCCC[Si](O[Si](C)(C)C)(O[Si](C)(C)C)O[Si](C)(C)C)N(C)C. The highest BCUT2D eigenvalue weighted by Crippen LogP contribution is 2.29. The molecule has 0 aromatic rings. The third-order valence-electron chi connectivity index (χ3n) is 3.08. The maximum absolute atomic E-state index is 6.71. The van der Waals surface area contributed by atoms with Crippen LogP contribution in [0.3, 0.4) is 0 Å². The summed E-state index contributed by atoms with van der Waals surface area (Å²) >= 11 is 0. The van der Waals surface area contributed by atoms with Gasteiger partial charge in [0.2, 0.25) is 0 Å². The molecule has 0 heterocycles. The summed E-state index contributed by atoms with van der Waals surface area (Å²) in [5, 5.41) is 0. The second-order valence-electron chi connectivity index (χ2n) is 10.4. The molecule has 10 heteroatoms. The van der Waals surface area contributed by atoms with E-state index in [2.05, 4.69) is 58.9 Å². The van der Waals surface area contributed by atoms with Crippen LogP contribution in [0, 0.1) is 0 Å². The van der Waals surface area contributed by atoms with E-state index in [1.807, 2.05) is 38.0 Å². The first kappa shape index (κ1) is 27.0. The fourth-order valence-corrected chi connectivity index (χ4v) is 17.4. The Bertz CT molecular complexity index is 430. The molecule has 0 aliphatic rings. The highest BCUT2D eigenvalue weighted by atomic mass is 28.5. The largest absolute Gasteiger partial charge is 0.469 e. The molecule has 0 aromatic carbocycles. The van der Waals surface area contributed by atoms with Gasteiger partial charge in [0.25, 0.3) is 0 Å². The highest BCUT2D eigenvalue weighted by molar-refractivity contribution is 6.90. The molecule has 0 amide bonds. The summed E-state index contributed by atoms with van der Waals surface area (Å²) in [6, 6.07) is 0.837. The molecule has 0 bridgehead atoms. The second kappa shape index (κ2) is 10.2. The van der Waals surface area contributed by atoms with Gasteiger partial charge in [-0.15, -0.1) is 0 Å². The van der Waals surface area contributed by atoms with Crippen molar-refractivity contribution >= 4 is 39.7 Å². The minimum absolute atomic E-state index is 0.750. The third-order valence-corrected chi connectivity index (χ3v) is 15.1. The molecule has 0 radical (unpaired) electrons. The van der Waals surface area contributed by atoms with Crippen LogP contribution in [0.25, 0.3) is 0 Å². The van der Waals surface area contributed by atoms with Gasteiger partial charge >= 0.3 is 8.80 Å². The van der Waals surface area contributed by atoms with Crippen molar-refractivity contribution in [3.8, 4) is 0 Å². The maximum atomic E-state index is 6.71. The normalized spacial score (nSPS) is 13.5. The molecule has 0 saturated carbocycles. The molecule has 0 rings (SSSR count). The number of aliphatic imine (C=N–C) groups is 1. The molecule has 0 fully saturated rings. The molecule has 0 aromatic heterocycles. The number of rotatable bonds is 10. The summed E-state index contributed by atoms with van der Waals surface area (Å²) in [6.45, 7) is 20.8. The van der Waals surface area contributed by atoms with Gasteiger partial charge in [-0.2, -0.15) is 0 Å². The molecule has 0 atom stereocenters. The summed E-state index contributed by atoms with van der Waals surface area (Å²) < 4.78 is 20.1. The van der Waals surface area contributed by atoms with Gasteiger partial charge in [0.05, 0.1) is 0 Å². The zero-order valence-electron chi connectivity index (χ0n) is 20.2. The zero-order chi connectivity index (χ0) is 21.7. The topological polar surface area (TPSA) is 46.5 Å². The minimum Gasteiger partial charge on any atom is -0.417 e. The van der Waals surface area contributed by atoms with Crippen molar-refractivity contribution in [3.05, 3.63) is 0 Å². The average Bonchev–Trinajstić information content (AvgIpc) is 2.30. The number of hydrogen-bond donors (Lipinski definition) is 0. The van der Waals surface area contributed by atoms with Crippen LogP contribution < -0.4 is 0 Å². The quantitative estimate of drug-likeness (QED) is 0.214. The first-order chi connectivity index (χ1) is 11.9. The van der Waals surface area contributed by atoms with Crippen molar-refractivity contribution in [3.63, 3.8) is 0 Å². The lowest BCUT2D eigenvalue weighted by atomic mass is 10.5. The lowest BCUT2D eigenvalue weighted by Crippen LogP contribution is -2.60. The molecule has 0 N–H and O–H groups in total. The van der Waals surface area contributed by atoms with Crippen molar-refractivity contribution in [1.82, 2.24) is 9.80 Å². The predicted octanol–water partition coefficient (Wildman–Crippen LogP) is 4.35. The Morgan fingerprint density at radius 3 is 1.26 bits per heavy atom. The van der Waals surface area contributed by atoms with Gasteiger partial charge in [-0.1, -0.05) is 0 Å². The van der Waals surface area contributed by atoms with Crippen LogP contribution in [0.1, 0.15) is 6.42 Å². The van der Waals surface area contributed by atoms with Gasteiger partial charge in [0.15, 0.2) is 30.9 Å². The first-order valence-electron chi connectivity index (χ1n) is 9.85. The highest BCUT2D eigenvalue weighted by Gasteiger charge is 2.49. The Morgan fingerprint density at radius 1 is 0.667 bits per heavy atom. The summed E-state index contributed by atoms with van der Waals surface area (Å²) in [7, 11) is -0.0670. The van der Waals surface area contributed by atoms with Gasteiger partial charge in [-0.25, -0.2) is 0 Å². The molecule has 0 unspecified atom stereocenters. The van der Waals surface area contributed by atoms with Crippen LogP contribution >= 0.6 is 0 Å².